The molecule has 3 nitrogen and oxygen atoms in total. The molecule has 1 aliphatic rings. The van der Waals surface area contributed by atoms with E-state index in [1.165, 1.54) is 18.6 Å². The summed E-state index contributed by atoms with van der Waals surface area (Å²) in [6.07, 6.45) is 5.33. The Kier molecular flexibility index (Phi) is 4.40. The number of amides is 1. The molecular weight excluding hydrogens is 243 g/mol. The van der Waals surface area contributed by atoms with Gasteiger partial charge in [0.1, 0.15) is 5.82 Å². The van der Waals surface area contributed by atoms with E-state index in [2.05, 4.69) is 6.92 Å². The molecule has 19 heavy (non-hydrogen) atoms. The van der Waals surface area contributed by atoms with Crippen LogP contribution in [0.15, 0.2) is 18.2 Å². The molecule has 1 aromatic carbocycles. The smallest absolute Gasteiger partial charge is 0.254 e. The van der Waals surface area contributed by atoms with Crippen LogP contribution in [0.5, 0.6) is 0 Å². The molecule has 104 valence electrons. The van der Waals surface area contributed by atoms with E-state index in [-0.39, 0.29) is 11.6 Å². The van der Waals surface area contributed by atoms with Gasteiger partial charge in [-0.1, -0.05) is 13.3 Å². The minimum absolute atomic E-state index is 0.0722. The molecule has 1 aromatic rings. The van der Waals surface area contributed by atoms with Crippen molar-refractivity contribution in [3.63, 3.8) is 0 Å². The van der Waals surface area contributed by atoms with E-state index in [0.717, 1.165) is 32.2 Å². The lowest BCUT2D eigenvalue weighted by molar-refractivity contribution is 0.0600. The molecule has 1 atom stereocenters. The first kappa shape index (κ1) is 13.8. The lowest BCUT2D eigenvalue weighted by Gasteiger charge is -2.36. The zero-order chi connectivity index (χ0) is 13.8. The summed E-state index contributed by atoms with van der Waals surface area (Å²) in [5.41, 5.74) is 5.92. The van der Waals surface area contributed by atoms with Crippen LogP contribution in [0, 0.1) is 5.82 Å². The number of nitrogen functional groups attached to an aromatic ring is 1. The number of rotatable bonds is 3. The number of nitrogens with zero attached hydrogens (tertiary/aromatic N) is 1. The summed E-state index contributed by atoms with van der Waals surface area (Å²) >= 11 is 0. The summed E-state index contributed by atoms with van der Waals surface area (Å²) in [5.74, 6) is -0.591. The number of hydrogen-bond donors (Lipinski definition) is 1. The fraction of sp³-hybridized carbons (Fsp3) is 0.533. The topological polar surface area (TPSA) is 46.3 Å². The van der Waals surface area contributed by atoms with E-state index in [9.17, 15) is 9.18 Å². The number of carbonyl (C=O) groups excluding carboxylic acids is 1. The number of anilines is 1. The molecule has 0 aliphatic carbocycles. The highest BCUT2D eigenvalue weighted by atomic mass is 19.1. The minimum Gasteiger partial charge on any atom is -0.396 e. The number of carbonyl (C=O) groups is 1. The molecule has 0 aromatic heterocycles. The predicted molar refractivity (Wildman–Crippen MR) is 74.4 cm³/mol. The highest BCUT2D eigenvalue weighted by Crippen LogP contribution is 2.23. The Balaban J connectivity index is 2.18. The van der Waals surface area contributed by atoms with Gasteiger partial charge in [-0.2, -0.15) is 0 Å². The molecule has 0 bridgehead atoms. The van der Waals surface area contributed by atoms with Crippen LogP contribution < -0.4 is 5.73 Å². The quantitative estimate of drug-likeness (QED) is 0.852. The van der Waals surface area contributed by atoms with Gasteiger partial charge >= 0.3 is 0 Å². The third-order valence-electron chi connectivity index (χ3n) is 3.76. The standard InChI is InChI=1S/C15H21FN2O/c1-2-5-12-6-3-4-9-18(12)15(19)11-7-8-14(17)13(16)10-11/h7-8,10,12H,2-6,9,17H2,1H3. The maximum atomic E-state index is 13.5. The SMILES string of the molecule is CCCC1CCCCN1C(=O)c1ccc(N)c(F)c1. The van der Waals surface area contributed by atoms with Crippen LogP contribution in [0.3, 0.4) is 0 Å². The van der Waals surface area contributed by atoms with Crippen molar-refractivity contribution in [3.05, 3.63) is 29.6 Å². The monoisotopic (exact) mass is 264 g/mol. The third-order valence-corrected chi connectivity index (χ3v) is 3.76. The van der Waals surface area contributed by atoms with Crippen LogP contribution in [-0.4, -0.2) is 23.4 Å². The van der Waals surface area contributed by atoms with E-state index in [4.69, 9.17) is 5.73 Å². The van der Waals surface area contributed by atoms with Gasteiger partial charge in [0.05, 0.1) is 5.69 Å². The molecule has 0 spiro atoms. The number of nitrogens with two attached hydrogens (primary N) is 1. The first-order chi connectivity index (χ1) is 9.13. The zero-order valence-corrected chi connectivity index (χ0v) is 11.4. The molecule has 4 heteroatoms. The van der Waals surface area contributed by atoms with Crippen LogP contribution in [0.1, 0.15) is 49.4 Å². The highest BCUT2D eigenvalue weighted by molar-refractivity contribution is 5.94. The fourth-order valence-electron chi connectivity index (χ4n) is 2.73. The number of benzene rings is 1. The van der Waals surface area contributed by atoms with E-state index in [1.54, 1.807) is 6.07 Å². The molecule has 1 heterocycles. The lowest BCUT2D eigenvalue weighted by atomic mass is 9.97. The Labute approximate surface area is 113 Å². The lowest BCUT2D eigenvalue weighted by Crippen LogP contribution is -2.43. The average molecular weight is 264 g/mol. The molecule has 1 fully saturated rings. The largest absolute Gasteiger partial charge is 0.396 e. The van der Waals surface area contributed by atoms with Gasteiger partial charge in [0.2, 0.25) is 0 Å². The average Bonchev–Trinajstić information content (AvgIpc) is 2.42. The van der Waals surface area contributed by atoms with E-state index in [0.29, 0.717) is 11.6 Å². The van der Waals surface area contributed by atoms with Crippen LogP contribution >= 0.6 is 0 Å². The summed E-state index contributed by atoms with van der Waals surface area (Å²) in [6, 6.07) is 4.61. The van der Waals surface area contributed by atoms with Crippen LogP contribution in [-0.2, 0) is 0 Å². The number of hydrogen-bond acceptors (Lipinski definition) is 2. The summed E-state index contributed by atoms with van der Waals surface area (Å²) in [4.78, 5) is 14.4. The van der Waals surface area contributed by atoms with Gasteiger partial charge in [-0.3, -0.25) is 4.79 Å². The Bertz CT molecular complexity index is 459. The molecule has 2 rings (SSSR count). The van der Waals surface area contributed by atoms with Crippen LogP contribution in [0.25, 0.3) is 0 Å². The van der Waals surface area contributed by atoms with E-state index < -0.39 is 5.82 Å². The maximum absolute atomic E-state index is 13.5. The van der Waals surface area contributed by atoms with Gasteiger partial charge in [0.15, 0.2) is 0 Å². The summed E-state index contributed by atoms with van der Waals surface area (Å²) in [7, 11) is 0. The second-order valence-electron chi connectivity index (χ2n) is 5.17. The molecule has 0 radical (unpaired) electrons. The Morgan fingerprint density at radius 1 is 1.47 bits per heavy atom. The maximum Gasteiger partial charge on any atom is 0.254 e. The first-order valence-electron chi connectivity index (χ1n) is 6.99. The highest BCUT2D eigenvalue weighted by Gasteiger charge is 2.26. The first-order valence-corrected chi connectivity index (χ1v) is 6.99. The van der Waals surface area contributed by atoms with Crippen molar-refractivity contribution in [2.24, 2.45) is 0 Å². The fourth-order valence-corrected chi connectivity index (χ4v) is 2.73. The van der Waals surface area contributed by atoms with Gasteiger partial charge in [-0.25, -0.2) is 4.39 Å². The minimum atomic E-state index is -0.519. The normalized spacial score (nSPS) is 19.5. The van der Waals surface area contributed by atoms with Crippen molar-refractivity contribution in [2.45, 2.75) is 45.1 Å². The van der Waals surface area contributed by atoms with Crippen molar-refractivity contribution in [2.75, 3.05) is 12.3 Å². The van der Waals surface area contributed by atoms with Gasteiger partial charge in [0, 0.05) is 18.2 Å². The molecule has 1 aliphatic heterocycles. The third kappa shape index (κ3) is 3.06. The molecule has 0 saturated carbocycles. The second-order valence-corrected chi connectivity index (χ2v) is 5.17. The van der Waals surface area contributed by atoms with Crippen LogP contribution in [0.4, 0.5) is 10.1 Å². The molecular formula is C15H21FN2O. The molecule has 1 saturated heterocycles. The molecule has 1 unspecified atom stereocenters. The van der Waals surface area contributed by atoms with Crippen molar-refractivity contribution in [3.8, 4) is 0 Å². The zero-order valence-electron chi connectivity index (χ0n) is 11.4. The summed E-state index contributed by atoms with van der Waals surface area (Å²) in [5, 5.41) is 0. The van der Waals surface area contributed by atoms with Crippen molar-refractivity contribution in [1.82, 2.24) is 4.90 Å². The van der Waals surface area contributed by atoms with E-state index >= 15 is 0 Å². The van der Waals surface area contributed by atoms with Crippen molar-refractivity contribution >= 4 is 11.6 Å². The summed E-state index contributed by atoms with van der Waals surface area (Å²) in [6.45, 7) is 2.90. The summed E-state index contributed by atoms with van der Waals surface area (Å²) < 4.78 is 13.5. The van der Waals surface area contributed by atoms with Gasteiger partial charge < -0.3 is 10.6 Å². The van der Waals surface area contributed by atoms with Gasteiger partial charge in [0.25, 0.3) is 5.91 Å². The van der Waals surface area contributed by atoms with Crippen LogP contribution in [0.2, 0.25) is 0 Å². The van der Waals surface area contributed by atoms with Gasteiger partial charge in [-0.15, -0.1) is 0 Å². The number of halogens is 1. The van der Waals surface area contributed by atoms with Crippen molar-refractivity contribution < 1.29 is 9.18 Å². The molecule has 1 amide bonds. The Morgan fingerprint density at radius 3 is 2.95 bits per heavy atom. The number of likely N-dealkylation sites (tertiary alicyclic amines) is 1. The van der Waals surface area contributed by atoms with E-state index in [1.807, 2.05) is 4.90 Å². The second kappa shape index (κ2) is 6.04. The van der Waals surface area contributed by atoms with Gasteiger partial charge in [-0.05, 0) is 43.9 Å². The Morgan fingerprint density at radius 2 is 2.26 bits per heavy atom. The van der Waals surface area contributed by atoms with Crippen molar-refractivity contribution in [1.29, 1.82) is 0 Å². The molecule has 2 N–H and O–H groups in total. The predicted octanol–water partition coefficient (Wildman–Crippen LogP) is 3.20. The number of piperidine rings is 1. The Hall–Kier alpha value is -1.58.